The van der Waals surface area contributed by atoms with Crippen molar-refractivity contribution in [3.63, 3.8) is 0 Å². The van der Waals surface area contributed by atoms with Gasteiger partial charge in [0.1, 0.15) is 0 Å². The van der Waals surface area contributed by atoms with Gasteiger partial charge < -0.3 is 0 Å². The molecule has 0 aliphatic carbocycles. The van der Waals surface area contributed by atoms with Gasteiger partial charge in [-0.2, -0.15) is 0 Å². The number of halogens is 2. The van der Waals surface area contributed by atoms with E-state index < -0.39 is 14.7 Å². The maximum absolute atomic E-state index is 7.10. The second-order valence-corrected chi connectivity index (χ2v) is 25.8. The van der Waals surface area contributed by atoms with E-state index in [0.29, 0.717) is 0 Å². The van der Waals surface area contributed by atoms with E-state index in [1.807, 2.05) is 0 Å². The Balaban J connectivity index is 2.75. The van der Waals surface area contributed by atoms with Crippen molar-refractivity contribution in [3.8, 4) is 11.5 Å². The SMILES string of the molecule is Cc1cc(C(C)(C)C)c([O][W]([Cl])([Cl])[O]c2c(C(C)(C)C)cc(C)cc2C(C)(C)C)c(C(C)(C)C)c1. The summed E-state index contributed by atoms with van der Waals surface area (Å²) >= 11 is -4.61. The van der Waals surface area contributed by atoms with Crippen LogP contribution in [0.15, 0.2) is 24.3 Å². The second kappa shape index (κ2) is 9.88. The average molecular weight is 693 g/mol. The Morgan fingerprint density at radius 3 is 0.857 bits per heavy atom. The third-order valence-corrected chi connectivity index (χ3v) is 10.7. The Morgan fingerprint density at radius 1 is 0.486 bits per heavy atom. The fourth-order valence-electron chi connectivity index (χ4n) is 4.17. The fraction of sp³-hybridized carbons (Fsp3) is 0.600. The van der Waals surface area contributed by atoms with Crippen LogP contribution in [0, 0.1) is 13.8 Å². The van der Waals surface area contributed by atoms with Crippen LogP contribution in [0.4, 0.5) is 0 Å². The number of rotatable bonds is 4. The van der Waals surface area contributed by atoms with Crippen LogP contribution in [0.25, 0.3) is 0 Å². The standard InChI is InChI=1S/2C15H24O.2ClH.W/c2*1-10-8-11(14(2,3)4)13(16)12(9-10)15(5,6)7;;;/h2*8-9,16H,1-7H3;2*1H;/q;;;;+4/p-4. The van der Waals surface area contributed by atoms with Gasteiger partial charge in [0.15, 0.2) is 0 Å². The van der Waals surface area contributed by atoms with Crippen molar-refractivity contribution in [2.24, 2.45) is 0 Å². The molecule has 0 heterocycles. The zero-order chi connectivity index (χ0) is 27.4. The summed E-state index contributed by atoms with van der Waals surface area (Å²) in [5.41, 5.74) is 6.21. The quantitative estimate of drug-likeness (QED) is 0.318. The normalized spacial score (nSPS) is 14.2. The van der Waals surface area contributed by atoms with Crippen molar-refractivity contribution in [1.82, 2.24) is 0 Å². The molecule has 2 aromatic carbocycles. The van der Waals surface area contributed by atoms with Gasteiger partial charge in [-0.15, -0.1) is 0 Å². The number of benzene rings is 2. The monoisotopic (exact) mass is 692 g/mol. The minimum absolute atomic E-state index is 0.145. The van der Waals surface area contributed by atoms with Gasteiger partial charge in [-0.1, -0.05) is 0 Å². The first-order chi connectivity index (χ1) is 15.4. The minimum atomic E-state index is -4.61. The molecule has 5 heteroatoms. The van der Waals surface area contributed by atoms with Crippen molar-refractivity contribution in [1.29, 1.82) is 0 Å². The molecule has 0 spiro atoms. The van der Waals surface area contributed by atoms with Crippen LogP contribution in [-0.4, -0.2) is 0 Å². The summed E-state index contributed by atoms with van der Waals surface area (Å²) < 4.78 is 13.3. The molecule has 0 unspecified atom stereocenters. The van der Waals surface area contributed by atoms with Crippen molar-refractivity contribution in [2.45, 2.75) is 119 Å². The van der Waals surface area contributed by atoms with Crippen molar-refractivity contribution < 1.29 is 21.5 Å². The van der Waals surface area contributed by atoms with Gasteiger partial charge in [-0.3, -0.25) is 0 Å². The second-order valence-electron chi connectivity index (χ2n) is 13.9. The summed E-state index contributed by atoms with van der Waals surface area (Å²) in [4.78, 5) is 0. The van der Waals surface area contributed by atoms with Crippen LogP contribution in [0.3, 0.4) is 0 Å². The van der Waals surface area contributed by atoms with E-state index in [1.54, 1.807) is 0 Å². The molecular weight excluding hydrogens is 647 g/mol. The molecule has 0 fully saturated rings. The third-order valence-electron chi connectivity index (χ3n) is 6.06. The van der Waals surface area contributed by atoms with Gasteiger partial charge in [-0.25, -0.2) is 0 Å². The molecule has 2 rings (SSSR count). The zero-order valence-corrected chi connectivity index (χ0v) is 28.7. The topological polar surface area (TPSA) is 18.5 Å². The average Bonchev–Trinajstić information content (AvgIpc) is 2.60. The molecule has 35 heavy (non-hydrogen) atoms. The van der Waals surface area contributed by atoms with Gasteiger partial charge in [0.05, 0.1) is 0 Å². The molecule has 0 amide bonds. The van der Waals surface area contributed by atoms with E-state index >= 15 is 0 Å². The third kappa shape index (κ3) is 7.65. The molecule has 0 atom stereocenters. The molecule has 2 nitrogen and oxygen atoms in total. The van der Waals surface area contributed by atoms with Gasteiger partial charge in [0, 0.05) is 0 Å². The molecule has 2 aromatic rings. The van der Waals surface area contributed by atoms with E-state index in [2.05, 4.69) is 121 Å². The molecule has 0 aliphatic heterocycles. The summed E-state index contributed by atoms with van der Waals surface area (Å²) in [6.07, 6.45) is 0. The van der Waals surface area contributed by atoms with Crippen LogP contribution in [0.2, 0.25) is 0 Å². The summed E-state index contributed by atoms with van der Waals surface area (Å²) in [5, 5.41) is 0. The molecule has 0 aromatic heterocycles. The Labute approximate surface area is 227 Å². The molecule has 0 saturated heterocycles. The Hall–Kier alpha value is -0.692. The molecule has 0 N–H and O–H groups in total. The van der Waals surface area contributed by atoms with Crippen LogP contribution >= 0.6 is 18.8 Å². The number of hydrogen-bond donors (Lipinski definition) is 0. The molecule has 0 saturated carbocycles. The Morgan fingerprint density at radius 2 is 0.686 bits per heavy atom. The zero-order valence-electron chi connectivity index (χ0n) is 24.3. The summed E-state index contributed by atoms with van der Waals surface area (Å²) in [6, 6.07) is 8.75. The van der Waals surface area contributed by atoms with Crippen molar-refractivity contribution in [3.05, 3.63) is 57.6 Å². The van der Waals surface area contributed by atoms with Crippen molar-refractivity contribution in [2.75, 3.05) is 0 Å². The van der Waals surface area contributed by atoms with E-state index in [1.165, 1.54) is 11.1 Å². The van der Waals surface area contributed by atoms with E-state index in [4.69, 9.17) is 25.6 Å². The van der Waals surface area contributed by atoms with Gasteiger partial charge in [0.2, 0.25) is 0 Å². The van der Waals surface area contributed by atoms with Crippen LogP contribution < -0.4 is 6.78 Å². The summed E-state index contributed by atoms with van der Waals surface area (Å²) in [6.45, 7) is 30.5. The van der Waals surface area contributed by atoms with Crippen molar-refractivity contribution >= 4 is 18.8 Å². The molecule has 0 radical (unpaired) electrons. The predicted molar refractivity (Wildman–Crippen MR) is 150 cm³/mol. The van der Waals surface area contributed by atoms with Gasteiger partial charge in [-0.05, 0) is 0 Å². The number of hydrogen-bond acceptors (Lipinski definition) is 2. The molecule has 0 bridgehead atoms. The molecular formula is C30H46Cl2O2W. The molecule has 0 aliphatic rings. The van der Waals surface area contributed by atoms with Crippen LogP contribution in [0.5, 0.6) is 11.5 Å². The maximum atomic E-state index is 7.10. The summed E-state index contributed by atoms with van der Waals surface area (Å²) in [5.74, 6) is 1.55. The molecule has 198 valence electrons. The van der Waals surface area contributed by atoms with E-state index in [9.17, 15) is 0 Å². The Kier molecular flexibility index (Phi) is 8.62. The van der Waals surface area contributed by atoms with E-state index in [-0.39, 0.29) is 21.7 Å². The summed E-state index contributed by atoms with van der Waals surface area (Å²) in [7, 11) is 14.2. The first kappa shape index (κ1) is 30.5. The van der Waals surface area contributed by atoms with Crippen LogP contribution in [-0.2, 0) is 36.4 Å². The fourth-order valence-corrected chi connectivity index (χ4v) is 9.03. The van der Waals surface area contributed by atoms with Gasteiger partial charge >= 0.3 is 228 Å². The predicted octanol–water partition coefficient (Wildman–Crippen LogP) is 10.2. The van der Waals surface area contributed by atoms with E-state index in [0.717, 1.165) is 33.8 Å². The first-order valence-corrected chi connectivity index (χ1v) is 22.0. The Bertz CT molecular complexity index is 920. The first-order valence-electron chi connectivity index (χ1n) is 12.4. The van der Waals surface area contributed by atoms with Crippen LogP contribution in [0.1, 0.15) is 116 Å². The number of aryl methyl sites for hydroxylation is 2. The van der Waals surface area contributed by atoms with Gasteiger partial charge in [0.25, 0.3) is 0 Å².